The van der Waals surface area contributed by atoms with Crippen molar-refractivity contribution in [1.82, 2.24) is 0 Å². The predicted octanol–water partition coefficient (Wildman–Crippen LogP) is 2.02. The molecule has 1 aromatic rings. The maximum absolute atomic E-state index is 9.60. The highest BCUT2D eigenvalue weighted by molar-refractivity contribution is 5.66. The highest BCUT2D eigenvalue weighted by Crippen LogP contribution is 1.94. The van der Waals surface area contributed by atoms with Crippen molar-refractivity contribution < 1.29 is 9.90 Å². The van der Waals surface area contributed by atoms with Crippen molar-refractivity contribution in [2.24, 2.45) is 5.73 Å². The van der Waals surface area contributed by atoms with Gasteiger partial charge in [0.05, 0.1) is 0 Å². The number of rotatable bonds is 3. The first kappa shape index (κ1) is 12.7. The van der Waals surface area contributed by atoms with Crippen LogP contribution in [0.2, 0.25) is 0 Å². The monoisotopic (exact) mass is 195 g/mol. The van der Waals surface area contributed by atoms with Gasteiger partial charge in [-0.2, -0.15) is 0 Å². The third kappa shape index (κ3) is 7.31. The van der Waals surface area contributed by atoms with E-state index in [1.807, 2.05) is 37.3 Å². The van der Waals surface area contributed by atoms with Gasteiger partial charge in [0, 0.05) is 13.0 Å². The molecular formula is C11H17NO2. The summed E-state index contributed by atoms with van der Waals surface area (Å²) in [7, 11) is 0. The number of hydrogen-bond acceptors (Lipinski definition) is 2. The Balaban J connectivity index is 0.000000255. The van der Waals surface area contributed by atoms with Crippen LogP contribution in [0.1, 0.15) is 25.3 Å². The molecule has 0 heterocycles. The van der Waals surface area contributed by atoms with Gasteiger partial charge < -0.3 is 10.8 Å². The molecule has 3 N–H and O–H groups in total. The zero-order valence-corrected chi connectivity index (χ0v) is 8.44. The number of carboxylic acids is 1. The minimum Gasteiger partial charge on any atom is -0.481 e. The molecule has 1 rings (SSSR count). The van der Waals surface area contributed by atoms with E-state index in [9.17, 15) is 4.79 Å². The third-order valence-corrected chi connectivity index (χ3v) is 1.54. The molecule has 0 aliphatic heterocycles. The van der Waals surface area contributed by atoms with Gasteiger partial charge in [-0.15, -0.1) is 0 Å². The van der Waals surface area contributed by atoms with Crippen molar-refractivity contribution >= 4 is 5.97 Å². The zero-order valence-electron chi connectivity index (χ0n) is 8.44. The lowest BCUT2D eigenvalue weighted by atomic mass is 10.2. The summed E-state index contributed by atoms with van der Waals surface area (Å²) in [5, 5.41) is 7.91. The van der Waals surface area contributed by atoms with Gasteiger partial charge in [0.25, 0.3) is 0 Å². The van der Waals surface area contributed by atoms with Gasteiger partial charge in [-0.1, -0.05) is 37.3 Å². The molecule has 0 radical (unpaired) electrons. The quantitative estimate of drug-likeness (QED) is 0.775. The first-order valence-corrected chi connectivity index (χ1v) is 4.66. The third-order valence-electron chi connectivity index (χ3n) is 1.54. The Bertz CT molecular complexity index is 247. The number of carboxylic acid groups (broad SMARTS) is 1. The second-order valence-corrected chi connectivity index (χ2v) is 2.83. The van der Waals surface area contributed by atoms with Crippen LogP contribution in [0.15, 0.2) is 30.3 Å². The summed E-state index contributed by atoms with van der Waals surface area (Å²) in [6, 6.07) is 9.99. The van der Waals surface area contributed by atoms with Crippen molar-refractivity contribution in [3.8, 4) is 0 Å². The molecule has 0 atom stereocenters. The summed E-state index contributed by atoms with van der Waals surface area (Å²) in [5.41, 5.74) is 6.54. The minimum atomic E-state index is -0.711. The van der Waals surface area contributed by atoms with Crippen LogP contribution in [0.5, 0.6) is 0 Å². The van der Waals surface area contributed by atoms with Crippen molar-refractivity contribution in [3.63, 3.8) is 0 Å². The standard InChI is InChI=1S/C7H9N.C4H8O2/c8-6-7-4-2-1-3-5-7;1-2-3-4(5)6/h1-5H,6,8H2;2-3H2,1H3,(H,5,6). The van der Waals surface area contributed by atoms with E-state index in [-0.39, 0.29) is 0 Å². The molecule has 0 spiro atoms. The molecule has 0 amide bonds. The number of carbonyl (C=O) groups is 1. The Morgan fingerprint density at radius 3 is 2.14 bits per heavy atom. The number of benzene rings is 1. The molecule has 0 aliphatic rings. The van der Waals surface area contributed by atoms with Crippen LogP contribution in [0.25, 0.3) is 0 Å². The highest BCUT2D eigenvalue weighted by Gasteiger charge is 1.87. The van der Waals surface area contributed by atoms with Gasteiger partial charge >= 0.3 is 5.97 Å². The van der Waals surface area contributed by atoms with Crippen molar-refractivity contribution in [2.45, 2.75) is 26.3 Å². The van der Waals surface area contributed by atoms with E-state index >= 15 is 0 Å². The first-order valence-electron chi connectivity index (χ1n) is 4.66. The molecule has 0 unspecified atom stereocenters. The van der Waals surface area contributed by atoms with Gasteiger partial charge in [-0.05, 0) is 12.0 Å². The summed E-state index contributed by atoms with van der Waals surface area (Å²) in [6.45, 7) is 2.48. The van der Waals surface area contributed by atoms with Gasteiger partial charge in [0.15, 0.2) is 0 Å². The van der Waals surface area contributed by atoms with E-state index in [0.717, 1.165) is 6.42 Å². The fourth-order valence-corrected chi connectivity index (χ4v) is 0.828. The fourth-order valence-electron chi connectivity index (χ4n) is 0.828. The molecule has 0 bridgehead atoms. The normalized spacial score (nSPS) is 8.71. The van der Waals surface area contributed by atoms with Gasteiger partial charge in [-0.3, -0.25) is 4.79 Å². The van der Waals surface area contributed by atoms with Crippen LogP contribution in [0.4, 0.5) is 0 Å². The summed E-state index contributed by atoms with van der Waals surface area (Å²) in [6.07, 6.45) is 1.02. The SMILES string of the molecule is CCCC(=O)O.NCc1ccccc1. The Labute approximate surface area is 84.6 Å². The molecule has 0 aliphatic carbocycles. The summed E-state index contributed by atoms with van der Waals surface area (Å²) >= 11 is 0. The van der Waals surface area contributed by atoms with Crippen molar-refractivity contribution in [1.29, 1.82) is 0 Å². The largest absolute Gasteiger partial charge is 0.481 e. The Kier molecular flexibility index (Phi) is 7.46. The van der Waals surface area contributed by atoms with Crippen LogP contribution in [0, 0.1) is 0 Å². The molecule has 0 aromatic heterocycles. The second kappa shape index (κ2) is 8.26. The van der Waals surface area contributed by atoms with Crippen LogP contribution in [-0.4, -0.2) is 11.1 Å². The van der Waals surface area contributed by atoms with E-state index in [1.165, 1.54) is 5.56 Å². The van der Waals surface area contributed by atoms with Gasteiger partial charge in [0.1, 0.15) is 0 Å². The van der Waals surface area contributed by atoms with E-state index in [0.29, 0.717) is 13.0 Å². The van der Waals surface area contributed by atoms with Gasteiger partial charge in [0.2, 0.25) is 0 Å². The van der Waals surface area contributed by atoms with E-state index in [2.05, 4.69) is 0 Å². The molecule has 1 aromatic carbocycles. The van der Waals surface area contributed by atoms with Crippen LogP contribution in [-0.2, 0) is 11.3 Å². The predicted molar refractivity (Wildman–Crippen MR) is 56.9 cm³/mol. The molecule has 78 valence electrons. The lowest BCUT2D eigenvalue weighted by Crippen LogP contribution is -1.94. The van der Waals surface area contributed by atoms with E-state index in [4.69, 9.17) is 10.8 Å². The Morgan fingerprint density at radius 1 is 1.36 bits per heavy atom. The molecule has 14 heavy (non-hydrogen) atoms. The molecular weight excluding hydrogens is 178 g/mol. The molecule has 0 saturated heterocycles. The van der Waals surface area contributed by atoms with Crippen molar-refractivity contribution in [3.05, 3.63) is 35.9 Å². The van der Waals surface area contributed by atoms with E-state index in [1.54, 1.807) is 0 Å². The summed E-state index contributed by atoms with van der Waals surface area (Å²) < 4.78 is 0. The molecule has 3 nitrogen and oxygen atoms in total. The zero-order chi connectivity index (χ0) is 10.8. The first-order chi connectivity index (χ1) is 6.70. The Morgan fingerprint density at radius 2 is 1.93 bits per heavy atom. The van der Waals surface area contributed by atoms with Crippen LogP contribution < -0.4 is 5.73 Å². The molecule has 0 saturated carbocycles. The smallest absolute Gasteiger partial charge is 0.303 e. The summed E-state index contributed by atoms with van der Waals surface area (Å²) in [4.78, 5) is 9.60. The summed E-state index contributed by atoms with van der Waals surface area (Å²) in [5.74, 6) is -0.711. The molecule has 0 fully saturated rings. The number of nitrogens with two attached hydrogens (primary N) is 1. The van der Waals surface area contributed by atoms with Crippen LogP contribution >= 0.6 is 0 Å². The maximum atomic E-state index is 9.60. The number of hydrogen-bond donors (Lipinski definition) is 2. The maximum Gasteiger partial charge on any atom is 0.303 e. The average Bonchev–Trinajstić information content (AvgIpc) is 2.20. The van der Waals surface area contributed by atoms with E-state index < -0.39 is 5.97 Å². The topological polar surface area (TPSA) is 63.3 Å². The number of aliphatic carboxylic acids is 1. The second-order valence-electron chi connectivity index (χ2n) is 2.83. The average molecular weight is 195 g/mol. The van der Waals surface area contributed by atoms with Gasteiger partial charge in [-0.25, -0.2) is 0 Å². The fraction of sp³-hybridized carbons (Fsp3) is 0.364. The minimum absolute atomic E-state index is 0.292. The molecule has 3 heteroatoms. The Hall–Kier alpha value is -1.35. The lowest BCUT2D eigenvalue weighted by Gasteiger charge is -1.90. The van der Waals surface area contributed by atoms with Crippen LogP contribution in [0.3, 0.4) is 0 Å². The van der Waals surface area contributed by atoms with Crippen molar-refractivity contribution in [2.75, 3.05) is 0 Å². The highest BCUT2D eigenvalue weighted by atomic mass is 16.4. The lowest BCUT2D eigenvalue weighted by molar-refractivity contribution is -0.137.